The van der Waals surface area contributed by atoms with Gasteiger partial charge in [0.25, 0.3) is 0 Å². The highest BCUT2D eigenvalue weighted by molar-refractivity contribution is 5.83. The molecule has 4 rings (SSSR count). The van der Waals surface area contributed by atoms with E-state index in [1.807, 2.05) is 78.9 Å². The average Bonchev–Trinajstić information content (AvgIpc) is 3.01. The molecule has 8 nitrogen and oxygen atoms in total. The third-order valence-electron chi connectivity index (χ3n) is 6.49. The van der Waals surface area contributed by atoms with Crippen molar-refractivity contribution in [3.05, 3.63) is 132 Å². The lowest BCUT2D eigenvalue weighted by Crippen LogP contribution is -2.51. The van der Waals surface area contributed by atoms with Crippen molar-refractivity contribution in [1.29, 1.82) is 0 Å². The van der Waals surface area contributed by atoms with Crippen LogP contribution >= 0.6 is 0 Å². The minimum absolute atomic E-state index is 0.0221. The smallest absolute Gasteiger partial charge is 0.337 e. The van der Waals surface area contributed by atoms with Crippen LogP contribution in [0.5, 0.6) is 0 Å². The Labute approximate surface area is 238 Å². The molecule has 210 valence electrons. The summed E-state index contributed by atoms with van der Waals surface area (Å²) in [6.45, 7) is -0.355. The summed E-state index contributed by atoms with van der Waals surface area (Å²) in [5.41, 5.74) is 4.27. The first-order valence-electron chi connectivity index (χ1n) is 13.2. The van der Waals surface area contributed by atoms with Crippen molar-refractivity contribution in [2.75, 3.05) is 6.54 Å². The first kappa shape index (κ1) is 29.0. The van der Waals surface area contributed by atoms with Gasteiger partial charge in [0, 0.05) is 13.0 Å². The summed E-state index contributed by atoms with van der Waals surface area (Å²) < 4.78 is 5.22. The largest absolute Gasteiger partial charge is 0.480 e. The summed E-state index contributed by atoms with van der Waals surface area (Å²) in [7, 11) is 0. The van der Waals surface area contributed by atoms with E-state index in [1.165, 1.54) is 4.90 Å². The second-order valence-corrected chi connectivity index (χ2v) is 9.58. The minimum Gasteiger partial charge on any atom is -0.480 e. The predicted octanol–water partition coefficient (Wildman–Crippen LogP) is 4.67. The fourth-order valence-corrected chi connectivity index (χ4v) is 4.27. The van der Waals surface area contributed by atoms with Crippen molar-refractivity contribution < 1.29 is 29.3 Å². The number of urea groups is 1. The van der Waals surface area contributed by atoms with E-state index in [9.17, 15) is 24.6 Å². The zero-order valence-corrected chi connectivity index (χ0v) is 22.4. The van der Waals surface area contributed by atoms with Gasteiger partial charge in [-0.25, -0.2) is 14.4 Å². The van der Waals surface area contributed by atoms with E-state index in [1.54, 1.807) is 36.4 Å². The third kappa shape index (κ3) is 8.78. The molecule has 4 aromatic rings. The summed E-state index contributed by atoms with van der Waals surface area (Å²) in [6, 6.07) is 33.4. The molecular weight excluding hydrogens is 520 g/mol. The number of nitrogens with one attached hydrogen (secondary N) is 1. The molecule has 1 unspecified atom stereocenters. The Bertz CT molecular complexity index is 1410. The van der Waals surface area contributed by atoms with E-state index in [4.69, 9.17) is 4.74 Å². The first-order chi connectivity index (χ1) is 19.9. The van der Waals surface area contributed by atoms with Crippen molar-refractivity contribution in [2.45, 2.75) is 31.7 Å². The molecule has 3 N–H and O–H groups in total. The molecule has 8 heteroatoms. The van der Waals surface area contributed by atoms with Crippen LogP contribution in [0.2, 0.25) is 0 Å². The van der Waals surface area contributed by atoms with Crippen molar-refractivity contribution in [1.82, 2.24) is 10.2 Å². The van der Waals surface area contributed by atoms with Gasteiger partial charge >= 0.3 is 18.0 Å². The van der Waals surface area contributed by atoms with Crippen LogP contribution in [-0.4, -0.2) is 51.8 Å². The second kappa shape index (κ2) is 14.4. The summed E-state index contributed by atoms with van der Waals surface area (Å²) in [4.78, 5) is 39.1. The van der Waals surface area contributed by atoms with Crippen LogP contribution in [0.1, 0.15) is 16.7 Å². The lowest BCUT2D eigenvalue weighted by atomic mass is 10.0. The molecular formula is C33H32N2O6. The van der Waals surface area contributed by atoms with Gasteiger partial charge in [0.2, 0.25) is 0 Å². The average molecular weight is 553 g/mol. The molecule has 2 atom stereocenters. The van der Waals surface area contributed by atoms with Gasteiger partial charge in [0.15, 0.2) is 6.10 Å². The number of aliphatic hydroxyl groups is 1. The Kier molecular flexibility index (Phi) is 10.2. The van der Waals surface area contributed by atoms with Gasteiger partial charge in [-0.2, -0.15) is 0 Å². The Morgan fingerprint density at radius 1 is 0.707 bits per heavy atom. The molecule has 0 aliphatic carbocycles. The summed E-state index contributed by atoms with van der Waals surface area (Å²) in [5, 5.41) is 23.0. The number of nitrogens with zero attached hydrogens (tertiary/aromatic N) is 1. The van der Waals surface area contributed by atoms with E-state index < -0.39 is 30.1 Å². The number of esters is 1. The Morgan fingerprint density at radius 2 is 1.24 bits per heavy atom. The van der Waals surface area contributed by atoms with Gasteiger partial charge < -0.3 is 25.2 Å². The summed E-state index contributed by atoms with van der Waals surface area (Å²) in [5.74, 6) is -2.08. The molecule has 0 saturated heterocycles. The number of carbonyl (C=O) groups excluding carboxylic acids is 2. The van der Waals surface area contributed by atoms with Crippen LogP contribution < -0.4 is 5.32 Å². The first-order valence-corrected chi connectivity index (χ1v) is 13.2. The molecule has 0 fully saturated rings. The lowest BCUT2D eigenvalue weighted by Gasteiger charge is -2.27. The van der Waals surface area contributed by atoms with Crippen LogP contribution in [-0.2, 0) is 33.9 Å². The number of carbonyl (C=O) groups is 3. The topological polar surface area (TPSA) is 116 Å². The van der Waals surface area contributed by atoms with E-state index in [-0.39, 0.29) is 26.1 Å². The fourth-order valence-electron chi connectivity index (χ4n) is 4.27. The molecule has 2 amide bonds. The minimum atomic E-state index is -1.62. The van der Waals surface area contributed by atoms with Crippen LogP contribution in [0.25, 0.3) is 11.1 Å². The number of carboxylic acids is 1. The Balaban J connectivity index is 1.42. The number of aliphatic carboxylic acids is 1. The highest BCUT2D eigenvalue weighted by atomic mass is 16.5. The predicted molar refractivity (Wildman–Crippen MR) is 155 cm³/mol. The number of ether oxygens (including phenoxy) is 1. The molecule has 0 heterocycles. The maximum absolute atomic E-state index is 13.3. The number of carboxylic acid groups (broad SMARTS) is 1. The molecule has 0 bridgehead atoms. The van der Waals surface area contributed by atoms with Gasteiger partial charge in [0.05, 0.1) is 6.54 Å². The van der Waals surface area contributed by atoms with Crippen LogP contribution in [0.4, 0.5) is 4.79 Å². The van der Waals surface area contributed by atoms with E-state index in [0.717, 1.165) is 27.8 Å². The van der Waals surface area contributed by atoms with Gasteiger partial charge in [-0.05, 0) is 27.8 Å². The number of hydrogen-bond donors (Lipinski definition) is 3. The second-order valence-electron chi connectivity index (χ2n) is 9.58. The normalized spacial score (nSPS) is 12.1. The van der Waals surface area contributed by atoms with E-state index in [0.29, 0.717) is 0 Å². The SMILES string of the molecule is O=C(OCc1ccccc1)C(O)CN(Cc1ccccc1)C(=O)N[C@@H](Cc1ccc(-c2ccccc2)cc1)C(=O)O. The van der Waals surface area contributed by atoms with Crippen molar-refractivity contribution >= 4 is 18.0 Å². The molecule has 0 saturated carbocycles. The molecule has 0 aliphatic rings. The van der Waals surface area contributed by atoms with E-state index >= 15 is 0 Å². The molecule has 0 aliphatic heterocycles. The molecule has 0 aromatic heterocycles. The van der Waals surface area contributed by atoms with Crippen molar-refractivity contribution in [2.24, 2.45) is 0 Å². The highest BCUT2D eigenvalue weighted by Gasteiger charge is 2.28. The standard InChI is InChI=1S/C33H32N2O6/c36-30(32(39)41-23-26-12-6-2-7-13-26)22-35(21-25-10-4-1-5-11-25)33(40)34-29(31(37)38)20-24-16-18-28(19-17-24)27-14-8-3-9-15-27/h1-19,29-30,36H,20-23H2,(H,34,40)(H,37,38)/t29-,30?/m0/s1. The Hall–Kier alpha value is -4.95. The summed E-state index contributed by atoms with van der Waals surface area (Å²) >= 11 is 0. The molecule has 4 aromatic carbocycles. The van der Waals surface area contributed by atoms with Gasteiger partial charge in [-0.15, -0.1) is 0 Å². The van der Waals surface area contributed by atoms with Gasteiger partial charge in [0.1, 0.15) is 12.6 Å². The highest BCUT2D eigenvalue weighted by Crippen LogP contribution is 2.20. The maximum Gasteiger partial charge on any atom is 0.337 e. The molecule has 0 spiro atoms. The maximum atomic E-state index is 13.3. The van der Waals surface area contributed by atoms with Crippen molar-refractivity contribution in [3.8, 4) is 11.1 Å². The van der Waals surface area contributed by atoms with Crippen LogP contribution in [0, 0.1) is 0 Å². The zero-order valence-electron chi connectivity index (χ0n) is 22.4. The van der Waals surface area contributed by atoms with Crippen LogP contribution in [0.3, 0.4) is 0 Å². The van der Waals surface area contributed by atoms with Crippen LogP contribution in [0.15, 0.2) is 115 Å². The third-order valence-corrected chi connectivity index (χ3v) is 6.49. The number of benzene rings is 4. The van der Waals surface area contributed by atoms with E-state index in [2.05, 4.69) is 5.32 Å². The zero-order chi connectivity index (χ0) is 29.0. The monoisotopic (exact) mass is 552 g/mol. The van der Waals surface area contributed by atoms with Gasteiger partial charge in [-0.3, -0.25) is 0 Å². The number of amides is 2. The summed E-state index contributed by atoms with van der Waals surface area (Å²) in [6.07, 6.45) is -1.57. The number of rotatable bonds is 12. The number of hydrogen-bond acceptors (Lipinski definition) is 5. The molecule has 0 radical (unpaired) electrons. The number of aliphatic hydroxyl groups excluding tert-OH is 1. The lowest BCUT2D eigenvalue weighted by molar-refractivity contribution is -0.155. The quantitative estimate of drug-likeness (QED) is 0.220. The van der Waals surface area contributed by atoms with Gasteiger partial charge in [-0.1, -0.05) is 115 Å². The Morgan fingerprint density at radius 3 is 1.83 bits per heavy atom. The molecule has 41 heavy (non-hydrogen) atoms. The van der Waals surface area contributed by atoms with Crippen molar-refractivity contribution in [3.63, 3.8) is 0 Å². The fraction of sp³-hybridized carbons (Fsp3) is 0.182.